The van der Waals surface area contributed by atoms with Gasteiger partial charge < -0.3 is 10.0 Å². The fourth-order valence-electron chi connectivity index (χ4n) is 1.61. The monoisotopic (exact) mass is 250 g/mol. The molecule has 1 N–H and O–H groups in total. The number of hydrogen-bond acceptors (Lipinski definition) is 3. The summed E-state index contributed by atoms with van der Waals surface area (Å²) in [5.41, 5.74) is 0.839. The number of amides is 1. The van der Waals surface area contributed by atoms with Crippen LogP contribution in [0.2, 0.25) is 0 Å². The average Bonchev–Trinajstić information content (AvgIpc) is 2.36. The molecule has 0 radical (unpaired) electrons. The van der Waals surface area contributed by atoms with Gasteiger partial charge in [-0.3, -0.25) is 14.6 Å². The third kappa shape index (κ3) is 4.95. The number of nitrogens with zero attached hydrogens (tertiary/aromatic N) is 2. The molecule has 0 bridgehead atoms. The minimum absolute atomic E-state index is 0.0237. The van der Waals surface area contributed by atoms with Crippen LogP contribution in [0, 0.1) is 0 Å². The number of aliphatic carboxylic acids is 1. The minimum atomic E-state index is -0.865. The Kier molecular flexibility index (Phi) is 5.84. The maximum absolute atomic E-state index is 11.9. The molecule has 0 spiro atoms. The molecule has 5 heteroatoms. The van der Waals surface area contributed by atoms with Gasteiger partial charge >= 0.3 is 5.97 Å². The zero-order valence-electron chi connectivity index (χ0n) is 10.5. The van der Waals surface area contributed by atoms with Crippen LogP contribution in [-0.2, 0) is 16.1 Å². The van der Waals surface area contributed by atoms with Crippen molar-refractivity contribution in [1.82, 2.24) is 9.88 Å². The molecule has 0 fully saturated rings. The molecule has 0 unspecified atom stereocenters. The summed E-state index contributed by atoms with van der Waals surface area (Å²) in [6.45, 7) is 2.98. The molecule has 18 heavy (non-hydrogen) atoms. The maximum Gasteiger partial charge on any atom is 0.303 e. The van der Waals surface area contributed by atoms with E-state index in [0.29, 0.717) is 19.5 Å². The Hall–Kier alpha value is -1.91. The van der Waals surface area contributed by atoms with Crippen molar-refractivity contribution in [1.29, 1.82) is 0 Å². The molecular weight excluding hydrogens is 232 g/mol. The molecule has 1 rings (SSSR count). The number of hydrogen-bond donors (Lipinski definition) is 1. The van der Waals surface area contributed by atoms with Gasteiger partial charge in [-0.15, -0.1) is 0 Å². The summed E-state index contributed by atoms with van der Waals surface area (Å²) in [5, 5.41) is 8.52. The molecule has 0 aliphatic carbocycles. The highest BCUT2D eigenvalue weighted by Crippen LogP contribution is 2.06. The van der Waals surface area contributed by atoms with Crippen LogP contribution < -0.4 is 0 Å². The molecule has 1 heterocycles. The third-order valence-electron chi connectivity index (χ3n) is 2.59. The van der Waals surface area contributed by atoms with Crippen LogP contribution in [0.15, 0.2) is 24.4 Å². The summed E-state index contributed by atoms with van der Waals surface area (Å²) in [5.74, 6) is -0.889. The van der Waals surface area contributed by atoms with Gasteiger partial charge in [0.05, 0.1) is 12.2 Å². The first-order valence-corrected chi connectivity index (χ1v) is 6.03. The van der Waals surface area contributed by atoms with Crippen molar-refractivity contribution >= 4 is 11.9 Å². The van der Waals surface area contributed by atoms with Crippen molar-refractivity contribution < 1.29 is 14.7 Å². The number of pyridine rings is 1. The molecule has 98 valence electrons. The van der Waals surface area contributed by atoms with Crippen LogP contribution in [-0.4, -0.2) is 33.4 Å². The molecule has 0 atom stereocenters. The second-order valence-electron chi connectivity index (χ2n) is 3.98. The van der Waals surface area contributed by atoms with Crippen LogP contribution in [0.1, 0.15) is 31.9 Å². The van der Waals surface area contributed by atoms with E-state index in [4.69, 9.17) is 5.11 Å². The Morgan fingerprint density at radius 2 is 2.11 bits per heavy atom. The van der Waals surface area contributed by atoms with Crippen molar-refractivity contribution in [3.63, 3.8) is 0 Å². The number of carbonyl (C=O) groups excluding carboxylic acids is 1. The van der Waals surface area contributed by atoms with Crippen molar-refractivity contribution in [2.24, 2.45) is 0 Å². The first kappa shape index (κ1) is 14.2. The molecule has 0 saturated carbocycles. The van der Waals surface area contributed by atoms with Gasteiger partial charge in [-0.1, -0.05) is 6.07 Å². The lowest BCUT2D eigenvalue weighted by atomic mass is 10.2. The van der Waals surface area contributed by atoms with Crippen molar-refractivity contribution in [3.05, 3.63) is 30.1 Å². The first-order chi connectivity index (χ1) is 8.63. The molecule has 0 saturated heterocycles. The van der Waals surface area contributed by atoms with Gasteiger partial charge in [-0.05, 0) is 25.5 Å². The lowest BCUT2D eigenvalue weighted by Gasteiger charge is -2.20. The SMILES string of the molecule is CCN(Cc1ccccn1)C(=O)CCCC(=O)O. The molecule has 1 amide bonds. The Morgan fingerprint density at radius 3 is 2.67 bits per heavy atom. The number of carboxylic acid groups (broad SMARTS) is 1. The van der Waals surface area contributed by atoms with Gasteiger partial charge in [0.25, 0.3) is 0 Å². The lowest BCUT2D eigenvalue weighted by molar-refractivity contribution is -0.137. The number of aromatic nitrogens is 1. The standard InChI is InChI=1S/C13H18N2O3/c1-2-15(10-11-6-3-4-9-14-11)12(16)7-5-8-13(17)18/h3-4,6,9H,2,5,7-8,10H2,1H3,(H,17,18). The van der Waals surface area contributed by atoms with Gasteiger partial charge in [0.2, 0.25) is 5.91 Å². The summed E-state index contributed by atoms with van der Waals surface area (Å²) in [6.07, 6.45) is 2.38. The van der Waals surface area contributed by atoms with Gasteiger partial charge in [0.15, 0.2) is 0 Å². The lowest BCUT2D eigenvalue weighted by Crippen LogP contribution is -2.30. The van der Waals surface area contributed by atoms with Crippen molar-refractivity contribution in [3.8, 4) is 0 Å². The van der Waals surface area contributed by atoms with Crippen molar-refractivity contribution in [2.45, 2.75) is 32.7 Å². The van der Waals surface area contributed by atoms with Crippen LogP contribution in [0.25, 0.3) is 0 Å². The predicted octanol–water partition coefficient (Wildman–Crippen LogP) is 1.69. The van der Waals surface area contributed by atoms with Crippen molar-refractivity contribution in [2.75, 3.05) is 6.54 Å². The van der Waals surface area contributed by atoms with E-state index < -0.39 is 5.97 Å². The Bertz CT molecular complexity index is 392. The number of carboxylic acids is 1. The highest BCUT2D eigenvalue weighted by molar-refractivity contribution is 5.76. The molecular formula is C13H18N2O3. The van der Waals surface area contributed by atoms with Gasteiger partial charge in [0, 0.05) is 25.6 Å². The second kappa shape index (κ2) is 7.42. The average molecular weight is 250 g/mol. The zero-order chi connectivity index (χ0) is 13.4. The molecule has 1 aromatic heterocycles. The summed E-state index contributed by atoms with van der Waals surface area (Å²) in [6, 6.07) is 5.58. The van der Waals surface area contributed by atoms with E-state index in [2.05, 4.69) is 4.98 Å². The number of rotatable bonds is 7. The quantitative estimate of drug-likeness (QED) is 0.799. The third-order valence-corrected chi connectivity index (χ3v) is 2.59. The van der Waals surface area contributed by atoms with E-state index in [0.717, 1.165) is 5.69 Å². The second-order valence-corrected chi connectivity index (χ2v) is 3.98. The van der Waals surface area contributed by atoms with E-state index in [1.165, 1.54) is 0 Å². The molecule has 1 aromatic rings. The summed E-state index contributed by atoms with van der Waals surface area (Å²) in [7, 11) is 0. The smallest absolute Gasteiger partial charge is 0.303 e. The van der Waals surface area contributed by atoms with E-state index in [1.807, 2.05) is 25.1 Å². The fraction of sp³-hybridized carbons (Fsp3) is 0.462. The molecule has 0 aliphatic rings. The minimum Gasteiger partial charge on any atom is -0.481 e. The molecule has 0 aromatic carbocycles. The van der Waals surface area contributed by atoms with Crippen LogP contribution >= 0.6 is 0 Å². The van der Waals surface area contributed by atoms with Crippen LogP contribution in [0.3, 0.4) is 0 Å². The van der Waals surface area contributed by atoms with Gasteiger partial charge in [-0.2, -0.15) is 0 Å². The highest BCUT2D eigenvalue weighted by atomic mass is 16.4. The zero-order valence-corrected chi connectivity index (χ0v) is 10.5. The Labute approximate surface area is 106 Å². The predicted molar refractivity (Wildman–Crippen MR) is 66.8 cm³/mol. The summed E-state index contributed by atoms with van der Waals surface area (Å²) in [4.78, 5) is 28.1. The topological polar surface area (TPSA) is 70.5 Å². The van der Waals surface area contributed by atoms with Gasteiger partial charge in [0.1, 0.15) is 0 Å². The normalized spacial score (nSPS) is 10.1. The van der Waals surface area contributed by atoms with Crippen LogP contribution in [0.4, 0.5) is 0 Å². The number of carbonyl (C=O) groups is 2. The summed E-state index contributed by atoms with van der Waals surface area (Å²) < 4.78 is 0. The fourth-order valence-corrected chi connectivity index (χ4v) is 1.61. The highest BCUT2D eigenvalue weighted by Gasteiger charge is 2.12. The van der Waals surface area contributed by atoms with E-state index in [9.17, 15) is 9.59 Å². The summed E-state index contributed by atoms with van der Waals surface area (Å²) >= 11 is 0. The first-order valence-electron chi connectivity index (χ1n) is 6.03. The van der Waals surface area contributed by atoms with E-state index in [-0.39, 0.29) is 18.7 Å². The largest absolute Gasteiger partial charge is 0.481 e. The van der Waals surface area contributed by atoms with Crippen LogP contribution in [0.5, 0.6) is 0 Å². The maximum atomic E-state index is 11.9. The van der Waals surface area contributed by atoms with E-state index >= 15 is 0 Å². The van der Waals surface area contributed by atoms with Gasteiger partial charge in [-0.25, -0.2) is 0 Å². The Morgan fingerprint density at radius 1 is 1.33 bits per heavy atom. The Balaban J connectivity index is 2.45. The molecule has 0 aliphatic heterocycles. The van der Waals surface area contributed by atoms with E-state index in [1.54, 1.807) is 11.1 Å². The molecule has 5 nitrogen and oxygen atoms in total.